The average Bonchev–Trinajstić information content (AvgIpc) is 2.42. The lowest BCUT2D eigenvalue weighted by Gasteiger charge is -2.09. The summed E-state index contributed by atoms with van der Waals surface area (Å²) in [6.07, 6.45) is 0. The highest BCUT2D eigenvalue weighted by Gasteiger charge is 2.20. The largest absolute Gasteiger partial charge is 0.496 e. The van der Waals surface area contributed by atoms with Gasteiger partial charge in [-0.05, 0) is 46.3 Å². The van der Waals surface area contributed by atoms with Gasteiger partial charge in [0.25, 0.3) is 0 Å². The normalized spacial score (nSPS) is 10.4. The van der Waals surface area contributed by atoms with Crippen molar-refractivity contribution >= 4 is 33.3 Å². The van der Waals surface area contributed by atoms with Gasteiger partial charge in [0.2, 0.25) is 0 Å². The van der Waals surface area contributed by atoms with E-state index in [1.165, 1.54) is 25.3 Å². The molecule has 0 bridgehead atoms. The number of rotatable bonds is 3. The molecule has 2 aromatic rings. The second kappa shape index (κ2) is 5.89. The van der Waals surface area contributed by atoms with Crippen molar-refractivity contribution in [2.75, 3.05) is 7.11 Å². The lowest BCUT2D eigenvalue weighted by atomic mass is 10.0. The molecule has 2 aromatic carbocycles. The van der Waals surface area contributed by atoms with Crippen LogP contribution in [0.3, 0.4) is 0 Å². The maximum absolute atomic E-state index is 13.8. The molecular weight excluding hydrogens is 354 g/mol. The maximum Gasteiger partial charge on any atom is 0.199 e. The third-order valence-electron chi connectivity index (χ3n) is 2.66. The van der Waals surface area contributed by atoms with Crippen LogP contribution in [0.15, 0.2) is 34.8 Å². The van der Waals surface area contributed by atoms with E-state index in [9.17, 15) is 13.6 Å². The lowest BCUT2D eigenvalue weighted by Crippen LogP contribution is -2.07. The zero-order chi connectivity index (χ0) is 14.9. The molecule has 0 amide bonds. The minimum Gasteiger partial charge on any atom is -0.496 e. The number of ether oxygens (including phenoxy) is 1. The van der Waals surface area contributed by atoms with Crippen molar-refractivity contribution in [2.45, 2.75) is 0 Å². The third-order valence-corrected chi connectivity index (χ3v) is 3.51. The fourth-order valence-corrected chi connectivity index (χ4v) is 2.17. The standard InChI is InChI=1S/C14H8BrClF2O2/c1-20-13-4-7(16)2-3-8(13)14(19)9-5-12(18)10(15)6-11(9)17/h2-6H,1H3. The van der Waals surface area contributed by atoms with Gasteiger partial charge >= 0.3 is 0 Å². The molecule has 0 aliphatic carbocycles. The van der Waals surface area contributed by atoms with Crippen LogP contribution in [0.25, 0.3) is 0 Å². The first kappa shape index (κ1) is 14.9. The maximum atomic E-state index is 13.8. The quantitative estimate of drug-likeness (QED) is 0.589. The SMILES string of the molecule is COc1cc(Cl)ccc1C(=O)c1cc(F)c(Br)cc1F. The zero-order valence-electron chi connectivity index (χ0n) is 10.2. The Morgan fingerprint density at radius 3 is 2.50 bits per heavy atom. The van der Waals surface area contributed by atoms with Gasteiger partial charge in [0.05, 0.1) is 22.7 Å². The van der Waals surface area contributed by atoms with Crippen molar-refractivity contribution in [3.8, 4) is 5.75 Å². The summed E-state index contributed by atoms with van der Waals surface area (Å²) in [6, 6.07) is 6.07. The second-order valence-corrected chi connectivity index (χ2v) is 5.21. The molecule has 0 aromatic heterocycles. The molecule has 0 saturated heterocycles. The highest BCUT2D eigenvalue weighted by molar-refractivity contribution is 9.10. The topological polar surface area (TPSA) is 26.3 Å². The van der Waals surface area contributed by atoms with E-state index in [2.05, 4.69) is 15.9 Å². The van der Waals surface area contributed by atoms with Gasteiger partial charge in [0.1, 0.15) is 17.4 Å². The van der Waals surface area contributed by atoms with Gasteiger partial charge in [-0.15, -0.1) is 0 Å². The number of carbonyl (C=O) groups excluding carboxylic acids is 1. The predicted octanol–water partition coefficient (Wildman–Crippen LogP) is 4.62. The number of hydrogen-bond acceptors (Lipinski definition) is 2. The van der Waals surface area contributed by atoms with Gasteiger partial charge in [-0.1, -0.05) is 11.6 Å². The van der Waals surface area contributed by atoms with Gasteiger partial charge < -0.3 is 4.74 Å². The Bertz CT molecular complexity index is 689. The van der Waals surface area contributed by atoms with Crippen LogP contribution in [0.4, 0.5) is 8.78 Å². The van der Waals surface area contributed by atoms with Crippen LogP contribution in [0.5, 0.6) is 5.75 Å². The number of carbonyl (C=O) groups is 1. The van der Waals surface area contributed by atoms with Crippen LogP contribution in [0.1, 0.15) is 15.9 Å². The van der Waals surface area contributed by atoms with E-state index in [4.69, 9.17) is 16.3 Å². The molecule has 0 atom stereocenters. The highest BCUT2D eigenvalue weighted by Crippen LogP contribution is 2.28. The predicted molar refractivity (Wildman–Crippen MR) is 75.5 cm³/mol. The smallest absolute Gasteiger partial charge is 0.199 e. The second-order valence-electron chi connectivity index (χ2n) is 3.92. The van der Waals surface area contributed by atoms with E-state index in [-0.39, 0.29) is 21.3 Å². The van der Waals surface area contributed by atoms with Crippen LogP contribution in [-0.2, 0) is 0 Å². The van der Waals surface area contributed by atoms with Gasteiger partial charge in [0.15, 0.2) is 5.78 Å². The summed E-state index contributed by atoms with van der Waals surface area (Å²) in [6.45, 7) is 0. The van der Waals surface area contributed by atoms with Crippen molar-refractivity contribution in [1.82, 2.24) is 0 Å². The number of methoxy groups -OCH3 is 1. The summed E-state index contributed by atoms with van der Waals surface area (Å²) < 4.78 is 32.2. The van der Waals surface area contributed by atoms with Gasteiger partial charge in [0, 0.05) is 5.02 Å². The molecule has 0 saturated carbocycles. The average molecular weight is 362 g/mol. The molecule has 0 unspecified atom stereocenters. The Morgan fingerprint density at radius 2 is 1.85 bits per heavy atom. The van der Waals surface area contributed by atoms with Crippen LogP contribution in [-0.4, -0.2) is 12.9 Å². The van der Waals surface area contributed by atoms with Crippen molar-refractivity contribution < 1.29 is 18.3 Å². The number of ketones is 1. The Labute approximate surface area is 127 Å². The monoisotopic (exact) mass is 360 g/mol. The molecule has 6 heteroatoms. The summed E-state index contributed by atoms with van der Waals surface area (Å²) >= 11 is 8.65. The Balaban J connectivity index is 2.54. The van der Waals surface area contributed by atoms with E-state index >= 15 is 0 Å². The molecule has 0 aliphatic heterocycles. The van der Waals surface area contributed by atoms with Crippen LogP contribution in [0.2, 0.25) is 5.02 Å². The third kappa shape index (κ3) is 2.83. The van der Waals surface area contributed by atoms with Crippen molar-refractivity contribution in [3.63, 3.8) is 0 Å². The summed E-state index contributed by atoms with van der Waals surface area (Å²) in [4.78, 5) is 12.3. The van der Waals surface area contributed by atoms with Crippen molar-refractivity contribution in [3.05, 3.63) is 62.6 Å². The summed E-state index contributed by atoms with van der Waals surface area (Å²) in [5.41, 5.74) is -0.260. The molecule has 0 fully saturated rings. The Kier molecular flexibility index (Phi) is 4.40. The molecule has 20 heavy (non-hydrogen) atoms. The van der Waals surface area contributed by atoms with Crippen molar-refractivity contribution in [2.24, 2.45) is 0 Å². The molecule has 0 radical (unpaired) electrons. The fraction of sp³-hybridized carbons (Fsp3) is 0.0714. The van der Waals surface area contributed by atoms with Crippen molar-refractivity contribution in [1.29, 1.82) is 0 Å². The zero-order valence-corrected chi connectivity index (χ0v) is 12.6. The molecule has 2 rings (SSSR count). The lowest BCUT2D eigenvalue weighted by molar-refractivity contribution is 0.103. The molecule has 0 heterocycles. The first-order chi connectivity index (χ1) is 9.43. The van der Waals surface area contributed by atoms with Gasteiger partial charge in [-0.25, -0.2) is 8.78 Å². The van der Waals surface area contributed by atoms with E-state index in [0.717, 1.165) is 12.1 Å². The van der Waals surface area contributed by atoms with E-state index in [1.807, 2.05) is 0 Å². The molecule has 0 aliphatic rings. The summed E-state index contributed by atoms with van der Waals surface area (Å²) in [5.74, 6) is -2.02. The minimum absolute atomic E-state index is 0.0466. The van der Waals surface area contributed by atoms with Crippen LogP contribution >= 0.6 is 27.5 Å². The number of benzene rings is 2. The number of halogens is 4. The van der Waals surface area contributed by atoms with E-state index in [0.29, 0.717) is 5.02 Å². The molecule has 0 spiro atoms. The highest BCUT2D eigenvalue weighted by atomic mass is 79.9. The van der Waals surface area contributed by atoms with Gasteiger partial charge in [-0.3, -0.25) is 4.79 Å². The fourth-order valence-electron chi connectivity index (χ4n) is 1.69. The van der Waals surface area contributed by atoms with Gasteiger partial charge in [-0.2, -0.15) is 0 Å². The molecule has 104 valence electrons. The van der Waals surface area contributed by atoms with E-state index in [1.54, 1.807) is 0 Å². The van der Waals surface area contributed by atoms with Crippen LogP contribution < -0.4 is 4.74 Å². The first-order valence-electron chi connectivity index (χ1n) is 5.47. The van der Waals surface area contributed by atoms with E-state index < -0.39 is 17.4 Å². The first-order valence-corrected chi connectivity index (χ1v) is 6.64. The molecule has 2 nitrogen and oxygen atoms in total. The summed E-state index contributed by atoms with van der Waals surface area (Å²) in [7, 11) is 1.36. The minimum atomic E-state index is -0.819. The molecular formula is C14H8BrClF2O2. The Morgan fingerprint density at radius 1 is 1.15 bits per heavy atom. The number of hydrogen-bond donors (Lipinski definition) is 0. The van der Waals surface area contributed by atoms with Crippen LogP contribution in [0, 0.1) is 11.6 Å². The summed E-state index contributed by atoms with van der Waals surface area (Å²) in [5, 5.41) is 0.376. The Hall–Kier alpha value is -1.46. The molecule has 0 N–H and O–H groups in total.